The van der Waals surface area contributed by atoms with Crippen molar-refractivity contribution in [3.05, 3.63) is 48.0 Å². The summed E-state index contributed by atoms with van der Waals surface area (Å²) in [5.74, 6) is 6.59. The largest absolute Gasteiger partial charge is 0.369 e. The number of hydrogen-bond donors (Lipinski definition) is 0. The first-order valence-corrected chi connectivity index (χ1v) is 8.80. The normalized spacial score (nSPS) is 22.5. The first-order valence-electron chi connectivity index (χ1n) is 8.80. The molecule has 0 bridgehead atoms. The quantitative estimate of drug-likeness (QED) is 0.423. The summed E-state index contributed by atoms with van der Waals surface area (Å²) in [4.78, 5) is 0. The topological polar surface area (TPSA) is 18.5 Å². The third-order valence-corrected chi connectivity index (χ3v) is 3.91. The van der Waals surface area contributed by atoms with Crippen molar-refractivity contribution in [2.24, 2.45) is 0 Å². The summed E-state index contributed by atoms with van der Waals surface area (Å²) >= 11 is 0. The van der Waals surface area contributed by atoms with Gasteiger partial charge in [0.15, 0.2) is 0 Å². The molecule has 2 rings (SSSR count). The van der Waals surface area contributed by atoms with Crippen molar-refractivity contribution < 1.29 is 9.47 Å². The number of benzene rings is 1. The molecular formula is C21H28O2. The maximum absolute atomic E-state index is 6.12. The molecule has 0 unspecified atom stereocenters. The van der Waals surface area contributed by atoms with Crippen LogP contribution in [0.4, 0.5) is 0 Å². The van der Waals surface area contributed by atoms with Gasteiger partial charge in [-0.1, -0.05) is 68.2 Å². The van der Waals surface area contributed by atoms with E-state index in [4.69, 9.17) is 9.47 Å². The molecule has 0 aromatic heterocycles. The van der Waals surface area contributed by atoms with E-state index in [9.17, 15) is 0 Å². The Balaban J connectivity index is 1.92. The standard InChI is InChI=1S/C21H28O2/c1-2-3-4-5-10-15-20-21(16-11-7-12-17-22-20)23-18-19-13-8-6-9-14-19/h6-9,11,13-14,20-21H,2-5,12,16-18H2,1H3/b11-7-/t20-,21-/m0/s1. The molecule has 0 amide bonds. The molecule has 1 aliphatic heterocycles. The Bertz CT molecular complexity index is 510. The van der Waals surface area contributed by atoms with E-state index in [-0.39, 0.29) is 12.2 Å². The molecule has 0 radical (unpaired) electrons. The Morgan fingerprint density at radius 2 is 2.04 bits per heavy atom. The lowest BCUT2D eigenvalue weighted by Gasteiger charge is -2.24. The van der Waals surface area contributed by atoms with E-state index in [1.165, 1.54) is 24.8 Å². The highest BCUT2D eigenvalue weighted by Crippen LogP contribution is 2.15. The lowest BCUT2D eigenvalue weighted by molar-refractivity contribution is -0.0539. The average molecular weight is 312 g/mol. The zero-order valence-electron chi connectivity index (χ0n) is 14.2. The molecule has 0 saturated carbocycles. The molecule has 0 fully saturated rings. The van der Waals surface area contributed by atoms with Crippen molar-refractivity contribution in [1.29, 1.82) is 0 Å². The molecule has 0 N–H and O–H groups in total. The van der Waals surface area contributed by atoms with E-state index in [2.05, 4.69) is 43.0 Å². The fourth-order valence-electron chi connectivity index (χ4n) is 2.55. The van der Waals surface area contributed by atoms with Gasteiger partial charge in [-0.2, -0.15) is 0 Å². The Morgan fingerprint density at radius 3 is 2.87 bits per heavy atom. The van der Waals surface area contributed by atoms with Crippen LogP contribution in [-0.4, -0.2) is 18.8 Å². The number of ether oxygens (including phenoxy) is 2. The molecular weight excluding hydrogens is 284 g/mol. The van der Waals surface area contributed by atoms with Gasteiger partial charge in [0.25, 0.3) is 0 Å². The predicted molar refractivity (Wildman–Crippen MR) is 95.1 cm³/mol. The molecule has 0 aliphatic carbocycles. The molecule has 1 aromatic rings. The lowest BCUT2D eigenvalue weighted by Crippen LogP contribution is -2.31. The van der Waals surface area contributed by atoms with Crippen LogP contribution in [0.15, 0.2) is 42.5 Å². The number of hydrogen-bond acceptors (Lipinski definition) is 2. The first-order chi connectivity index (χ1) is 11.4. The highest BCUT2D eigenvalue weighted by atomic mass is 16.5. The van der Waals surface area contributed by atoms with Gasteiger partial charge in [0.2, 0.25) is 0 Å². The van der Waals surface area contributed by atoms with E-state index in [1.54, 1.807) is 0 Å². The minimum absolute atomic E-state index is 0.00503. The zero-order valence-corrected chi connectivity index (χ0v) is 14.2. The van der Waals surface area contributed by atoms with Crippen molar-refractivity contribution in [3.8, 4) is 11.8 Å². The van der Waals surface area contributed by atoms with Crippen LogP contribution in [0.3, 0.4) is 0 Å². The summed E-state index contributed by atoms with van der Waals surface area (Å²) in [7, 11) is 0. The summed E-state index contributed by atoms with van der Waals surface area (Å²) in [6.45, 7) is 3.54. The number of rotatable bonds is 6. The van der Waals surface area contributed by atoms with Crippen molar-refractivity contribution in [2.75, 3.05) is 6.61 Å². The van der Waals surface area contributed by atoms with Crippen LogP contribution in [0.2, 0.25) is 0 Å². The zero-order chi connectivity index (χ0) is 16.2. The third-order valence-electron chi connectivity index (χ3n) is 3.91. The van der Waals surface area contributed by atoms with E-state index >= 15 is 0 Å². The second-order valence-electron chi connectivity index (χ2n) is 5.90. The Kier molecular flexibility index (Phi) is 8.55. The van der Waals surface area contributed by atoms with E-state index < -0.39 is 0 Å². The van der Waals surface area contributed by atoms with Gasteiger partial charge in [0, 0.05) is 6.42 Å². The summed E-state index contributed by atoms with van der Waals surface area (Å²) in [6, 6.07) is 10.3. The van der Waals surface area contributed by atoms with Gasteiger partial charge in [-0.25, -0.2) is 0 Å². The highest BCUT2D eigenvalue weighted by Gasteiger charge is 2.21. The van der Waals surface area contributed by atoms with E-state index in [0.29, 0.717) is 6.61 Å². The van der Waals surface area contributed by atoms with Crippen LogP contribution >= 0.6 is 0 Å². The Morgan fingerprint density at radius 1 is 1.17 bits per heavy atom. The van der Waals surface area contributed by atoms with Crippen LogP contribution in [0, 0.1) is 11.8 Å². The average Bonchev–Trinajstić information content (AvgIpc) is 2.57. The molecule has 0 spiro atoms. The summed E-state index contributed by atoms with van der Waals surface area (Å²) in [5.41, 5.74) is 1.19. The van der Waals surface area contributed by atoms with Crippen LogP contribution in [-0.2, 0) is 16.1 Å². The Labute approximate surface area is 140 Å². The summed E-state index contributed by atoms with van der Waals surface area (Å²) < 4.78 is 12.1. The molecule has 2 nitrogen and oxygen atoms in total. The van der Waals surface area contributed by atoms with Gasteiger partial charge in [-0.05, 0) is 24.8 Å². The van der Waals surface area contributed by atoms with Crippen molar-refractivity contribution >= 4 is 0 Å². The summed E-state index contributed by atoms with van der Waals surface area (Å²) in [6.07, 6.45) is 10.7. The fraction of sp³-hybridized carbons (Fsp3) is 0.524. The molecule has 1 aliphatic rings. The molecule has 0 saturated heterocycles. The predicted octanol–water partition coefficient (Wildman–Crippen LogP) is 4.89. The van der Waals surface area contributed by atoms with Crippen molar-refractivity contribution in [2.45, 2.75) is 64.3 Å². The molecule has 1 aromatic carbocycles. The van der Waals surface area contributed by atoms with Crippen LogP contribution in [0.25, 0.3) is 0 Å². The third kappa shape index (κ3) is 7.03. The van der Waals surface area contributed by atoms with Gasteiger partial charge < -0.3 is 9.47 Å². The van der Waals surface area contributed by atoms with Gasteiger partial charge in [0.05, 0.1) is 19.3 Å². The molecule has 2 atom stereocenters. The van der Waals surface area contributed by atoms with Gasteiger partial charge in [-0.3, -0.25) is 0 Å². The fourth-order valence-corrected chi connectivity index (χ4v) is 2.55. The monoisotopic (exact) mass is 312 g/mol. The van der Waals surface area contributed by atoms with Gasteiger partial charge >= 0.3 is 0 Å². The van der Waals surface area contributed by atoms with Gasteiger partial charge in [-0.15, -0.1) is 5.92 Å². The molecule has 124 valence electrons. The maximum atomic E-state index is 6.12. The smallest absolute Gasteiger partial charge is 0.144 e. The second-order valence-corrected chi connectivity index (χ2v) is 5.90. The minimum Gasteiger partial charge on any atom is -0.369 e. The lowest BCUT2D eigenvalue weighted by atomic mass is 10.1. The molecule has 23 heavy (non-hydrogen) atoms. The van der Waals surface area contributed by atoms with Crippen LogP contribution in [0.1, 0.15) is 51.0 Å². The van der Waals surface area contributed by atoms with Gasteiger partial charge in [0.1, 0.15) is 6.10 Å². The second kappa shape index (κ2) is 11.0. The van der Waals surface area contributed by atoms with Crippen molar-refractivity contribution in [1.82, 2.24) is 0 Å². The number of unbranched alkanes of at least 4 members (excludes halogenated alkanes) is 3. The van der Waals surface area contributed by atoms with E-state index in [1.807, 2.05) is 18.2 Å². The molecule has 2 heteroatoms. The van der Waals surface area contributed by atoms with E-state index in [0.717, 1.165) is 25.9 Å². The van der Waals surface area contributed by atoms with Crippen LogP contribution < -0.4 is 0 Å². The highest BCUT2D eigenvalue weighted by molar-refractivity contribution is 5.14. The van der Waals surface area contributed by atoms with Crippen molar-refractivity contribution in [3.63, 3.8) is 0 Å². The van der Waals surface area contributed by atoms with Crippen LogP contribution in [0.5, 0.6) is 0 Å². The molecule has 1 heterocycles. The minimum atomic E-state index is -0.120. The summed E-state index contributed by atoms with van der Waals surface area (Å²) in [5, 5.41) is 0. The maximum Gasteiger partial charge on any atom is 0.144 e. The first kappa shape index (κ1) is 17.8. The SMILES string of the molecule is CCCCCC#C[C@@H]1OCC/C=C\C[C@@H]1OCc1ccccc1. The Hall–Kier alpha value is -1.56.